The number of anilines is 1. The smallest absolute Gasteiger partial charge is 0.424 e. The molecule has 46 heavy (non-hydrogen) atoms. The van der Waals surface area contributed by atoms with Crippen LogP contribution in [0.5, 0.6) is 0 Å². The quantitative estimate of drug-likeness (QED) is 0.149. The number of para-hydroxylation sites is 2. The van der Waals surface area contributed by atoms with Crippen molar-refractivity contribution in [3.05, 3.63) is 99.5 Å². The third-order valence-electron chi connectivity index (χ3n) is 7.23. The van der Waals surface area contributed by atoms with Crippen molar-refractivity contribution < 1.29 is 39.0 Å². The average Bonchev–Trinajstić information content (AvgIpc) is 3.26. The first-order valence-corrected chi connectivity index (χ1v) is 16.7. The van der Waals surface area contributed by atoms with Crippen molar-refractivity contribution in [1.82, 2.24) is 4.57 Å². The highest BCUT2D eigenvalue weighted by Gasteiger charge is 2.40. The molecule has 5 rings (SSSR count). The number of aromatic nitrogens is 2. The van der Waals surface area contributed by atoms with Crippen molar-refractivity contribution in [3.63, 3.8) is 0 Å². The lowest BCUT2D eigenvalue weighted by Gasteiger charge is -2.22. The van der Waals surface area contributed by atoms with Crippen LogP contribution in [-0.2, 0) is 34.1 Å². The summed E-state index contributed by atoms with van der Waals surface area (Å²) in [6.45, 7) is 9.46. The van der Waals surface area contributed by atoms with Crippen molar-refractivity contribution in [2.75, 3.05) is 18.0 Å². The van der Waals surface area contributed by atoms with Gasteiger partial charge in [-0.25, -0.2) is 30.8 Å². The van der Waals surface area contributed by atoms with Crippen molar-refractivity contribution in [2.45, 2.75) is 24.3 Å². The molecule has 0 aliphatic rings. The third kappa shape index (κ3) is 6.85. The van der Waals surface area contributed by atoms with Gasteiger partial charge in [0, 0.05) is 35.1 Å². The Morgan fingerprint density at radius 2 is 1.61 bits per heavy atom. The minimum Gasteiger partial charge on any atom is -0.424 e. The highest BCUT2D eigenvalue weighted by Crippen LogP contribution is 2.32. The number of nitrogens with zero attached hydrogens (tertiary/aromatic N) is 4. The molecule has 5 aromatic rings. The zero-order valence-electron chi connectivity index (χ0n) is 25.3. The van der Waals surface area contributed by atoms with Gasteiger partial charge in [-0.05, 0) is 61.9 Å². The summed E-state index contributed by atoms with van der Waals surface area (Å²) in [4.78, 5) is 14.4. The Morgan fingerprint density at radius 1 is 0.978 bits per heavy atom. The maximum atomic E-state index is 12.8. The molecule has 0 aliphatic heterocycles. The maximum absolute atomic E-state index is 12.8. The molecule has 2 heterocycles. The Bertz CT molecular complexity index is 2150. The molecule has 0 fully saturated rings. The van der Waals surface area contributed by atoms with E-state index in [2.05, 4.69) is 43.5 Å². The molecule has 0 saturated heterocycles. The minimum atomic E-state index is -6.10. The van der Waals surface area contributed by atoms with E-state index in [9.17, 15) is 34.8 Å². The van der Waals surface area contributed by atoms with E-state index >= 15 is 0 Å². The van der Waals surface area contributed by atoms with Gasteiger partial charge in [0.15, 0.2) is 26.6 Å². The van der Waals surface area contributed by atoms with Gasteiger partial charge < -0.3 is 13.4 Å². The van der Waals surface area contributed by atoms with Crippen LogP contribution in [0.2, 0.25) is 0 Å². The van der Waals surface area contributed by atoms with Gasteiger partial charge in [0.05, 0.1) is 14.1 Å². The number of imidazole rings is 1. The van der Waals surface area contributed by atoms with E-state index in [1.54, 1.807) is 0 Å². The van der Waals surface area contributed by atoms with E-state index in [1.165, 1.54) is 18.2 Å². The zero-order chi connectivity index (χ0) is 34.0. The zero-order valence-corrected chi connectivity index (χ0v) is 26.9. The molecule has 244 valence electrons. The van der Waals surface area contributed by atoms with Crippen LogP contribution in [0.25, 0.3) is 43.6 Å². The minimum absolute atomic E-state index is 0.319. The summed E-state index contributed by atoms with van der Waals surface area (Å²) in [5.74, 6) is 0.833. The van der Waals surface area contributed by atoms with Crippen LogP contribution in [0, 0.1) is 0 Å². The lowest BCUT2D eigenvalue weighted by atomic mass is 10.1. The summed E-state index contributed by atoms with van der Waals surface area (Å²) >= 11 is 0. The van der Waals surface area contributed by atoms with Crippen LogP contribution in [0.15, 0.2) is 93.5 Å². The van der Waals surface area contributed by atoms with Crippen molar-refractivity contribution in [2.24, 2.45) is 14.1 Å². The number of hydrogen-bond acceptors (Lipinski definition) is 7. The topological polar surface area (TPSA) is 125 Å². The number of aryl methyl sites for hydroxylation is 2. The first kappa shape index (κ1) is 34.4. The summed E-state index contributed by atoms with van der Waals surface area (Å²) in [5.41, 5.74) is -1.16. The molecule has 0 aliphatic carbocycles. The Kier molecular flexibility index (Phi) is 9.80. The number of alkyl halides is 3. The molecule has 0 N–H and O–H groups in total. The maximum Gasteiger partial charge on any atom is 0.480 e. The van der Waals surface area contributed by atoms with Gasteiger partial charge in [-0.15, -0.1) is 0 Å². The normalized spacial score (nSPS) is 12.2. The molecule has 0 saturated carbocycles. The standard InChI is InChI=1S/C22H24N3O2.C9H7F3NO4S2/c1-5-25(6-2)16-12-11-15-13-17(22(26)27-20(15)14-16)21-23(3)18-9-7-8-10-19(18)24(21)4;1-2-7-3-5-8(6-4-7)18(14,15)13-19(16,17)9(10,11)12/h7-14H,5-6H2,1-4H3;2-6H,1H2/q+1;-1. The third-order valence-corrected chi connectivity index (χ3v) is 10.3. The number of rotatable bonds is 8. The predicted octanol–water partition coefficient (Wildman–Crippen LogP) is 5.86. The number of fused-ring (bicyclic) bond motifs is 2. The van der Waals surface area contributed by atoms with Gasteiger partial charge in [-0.2, -0.15) is 13.2 Å². The molecule has 0 amide bonds. The molecule has 0 radical (unpaired) electrons. The molecule has 0 spiro atoms. The number of halogens is 3. The molecule has 0 atom stereocenters. The van der Waals surface area contributed by atoms with Gasteiger partial charge in [0.1, 0.15) is 15.6 Å². The van der Waals surface area contributed by atoms with Crippen molar-refractivity contribution in [1.29, 1.82) is 0 Å². The fourth-order valence-electron chi connectivity index (χ4n) is 4.88. The molecular formula is C31H31F3N4O6S2. The molecule has 10 nitrogen and oxygen atoms in total. The van der Waals surface area contributed by atoms with Gasteiger partial charge in [0.2, 0.25) is 0 Å². The molecule has 0 unspecified atom stereocenters. The SMILES string of the molecule is C=Cc1ccc(S(=O)(=O)[N-]S(=O)(=O)C(F)(F)F)cc1.CCN(CC)c1ccc2cc(-c3n(C)c4ccccc4[n+]3C)c(=O)oc2c1. The number of hydrogen-bond donors (Lipinski definition) is 0. The number of sulfonamides is 2. The summed E-state index contributed by atoms with van der Waals surface area (Å²) < 4.78 is 92.0. The molecule has 2 aromatic heterocycles. The van der Waals surface area contributed by atoms with E-state index in [-0.39, 0.29) is 5.63 Å². The molecule has 15 heteroatoms. The Balaban J connectivity index is 0.000000224. The summed E-state index contributed by atoms with van der Waals surface area (Å²) in [7, 11) is -7.09. The van der Waals surface area contributed by atoms with E-state index in [4.69, 9.17) is 4.42 Å². The summed E-state index contributed by atoms with van der Waals surface area (Å²) in [6, 6.07) is 20.5. The van der Waals surface area contributed by atoms with Gasteiger partial charge in [-0.3, -0.25) is 0 Å². The van der Waals surface area contributed by atoms with Gasteiger partial charge >= 0.3 is 11.1 Å². The Morgan fingerprint density at radius 3 is 2.17 bits per heavy atom. The predicted molar refractivity (Wildman–Crippen MR) is 171 cm³/mol. The molecule has 3 aromatic carbocycles. The van der Waals surface area contributed by atoms with E-state index < -0.39 is 30.5 Å². The molecular weight excluding hydrogens is 645 g/mol. The van der Waals surface area contributed by atoms with Crippen LogP contribution < -0.4 is 15.1 Å². The lowest BCUT2D eigenvalue weighted by Crippen LogP contribution is -2.31. The average molecular weight is 677 g/mol. The number of benzene rings is 3. The fourth-order valence-corrected chi connectivity index (χ4v) is 7.07. The largest absolute Gasteiger partial charge is 0.480 e. The van der Waals surface area contributed by atoms with E-state index in [0.717, 1.165) is 53.2 Å². The van der Waals surface area contributed by atoms with Crippen LogP contribution >= 0.6 is 0 Å². The lowest BCUT2D eigenvalue weighted by molar-refractivity contribution is -0.634. The van der Waals surface area contributed by atoms with Crippen molar-refractivity contribution >= 4 is 53.8 Å². The first-order valence-electron chi connectivity index (χ1n) is 13.8. The highest BCUT2D eigenvalue weighted by molar-refractivity contribution is 8.12. The van der Waals surface area contributed by atoms with E-state index in [0.29, 0.717) is 16.7 Å². The highest BCUT2D eigenvalue weighted by atomic mass is 32.3. The van der Waals surface area contributed by atoms with Gasteiger partial charge in [-0.1, -0.05) is 36.9 Å². The Hall–Kier alpha value is -4.47. The Labute approximate surface area is 264 Å². The summed E-state index contributed by atoms with van der Waals surface area (Å²) in [5, 5.41) is 0.922. The van der Waals surface area contributed by atoms with Gasteiger partial charge in [0.25, 0.3) is 5.82 Å². The van der Waals surface area contributed by atoms with Crippen LogP contribution in [0.4, 0.5) is 18.9 Å². The second-order valence-electron chi connectivity index (χ2n) is 10.0. The molecule has 0 bridgehead atoms. The van der Waals surface area contributed by atoms with Crippen LogP contribution in [0.1, 0.15) is 19.4 Å². The summed E-state index contributed by atoms with van der Waals surface area (Å²) in [6.07, 6.45) is 1.37. The fraction of sp³-hybridized carbons (Fsp3) is 0.226. The monoisotopic (exact) mass is 676 g/mol. The van der Waals surface area contributed by atoms with Crippen molar-refractivity contribution in [3.8, 4) is 11.4 Å². The van der Waals surface area contributed by atoms with Crippen LogP contribution in [-0.4, -0.2) is 40.0 Å². The second kappa shape index (κ2) is 13.1. The van der Waals surface area contributed by atoms with Crippen LogP contribution in [0.3, 0.4) is 0 Å². The second-order valence-corrected chi connectivity index (χ2v) is 13.4. The van der Waals surface area contributed by atoms with E-state index in [1.807, 2.05) is 57.7 Å². The first-order chi connectivity index (χ1) is 21.5.